The van der Waals surface area contributed by atoms with Crippen LogP contribution in [0, 0.1) is 19.8 Å². The molecule has 4 rings (SSSR count). The van der Waals surface area contributed by atoms with Crippen molar-refractivity contribution in [2.75, 3.05) is 12.0 Å². The van der Waals surface area contributed by atoms with Crippen molar-refractivity contribution < 1.29 is 14.4 Å². The molecule has 1 aliphatic heterocycles. The van der Waals surface area contributed by atoms with Gasteiger partial charge in [0.1, 0.15) is 12.8 Å². The molecule has 1 aliphatic rings. The van der Waals surface area contributed by atoms with E-state index in [2.05, 4.69) is 29.2 Å². The normalized spacial score (nSPS) is 18.6. The van der Waals surface area contributed by atoms with E-state index in [1.165, 1.54) is 17.6 Å². The topological polar surface area (TPSA) is 84.8 Å². The molecule has 2 atom stereocenters. The molecule has 2 heterocycles. The molecule has 0 N–H and O–H groups in total. The maximum absolute atomic E-state index is 13.5. The first-order valence-corrected chi connectivity index (χ1v) is 11.3. The van der Waals surface area contributed by atoms with Gasteiger partial charge in [-0.15, -0.1) is 5.10 Å². The van der Waals surface area contributed by atoms with Gasteiger partial charge in [-0.3, -0.25) is 14.5 Å². The lowest BCUT2D eigenvalue weighted by Gasteiger charge is -2.27. The maximum Gasteiger partial charge on any atom is 0.297 e. The van der Waals surface area contributed by atoms with Gasteiger partial charge in [-0.2, -0.15) is 5.10 Å². The van der Waals surface area contributed by atoms with E-state index in [0.717, 1.165) is 22.4 Å². The highest BCUT2D eigenvalue weighted by Gasteiger charge is 2.52. The number of hydrogen-bond acceptors (Lipinski definition) is 6. The molecule has 7 nitrogen and oxygen atoms in total. The molecule has 1 amide bonds. The van der Waals surface area contributed by atoms with Crippen molar-refractivity contribution in [3.63, 3.8) is 0 Å². The summed E-state index contributed by atoms with van der Waals surface area (Å²) in [5.74, 6) is -1.39. The van der Waals surface area contributed by atoms with Gasteiger partial charge in [-0.25, -0.2) is 0 Å². The van der Waals surface area contributed by atoms with Crippen LogP contribution in [0.1, 0.15) is 53.8 Å². The third-order valence-corrected chi connectivity index (χ3v) is 6.11. The first kappa shape index (κ1) is 23.3. The number of ketones is 1. The van der Waals surface area contributed by atoms with Crippen LogP contribution < -0.4 is 4.90 Å². The minimum absolute atomic E-state index is 0.324. The van der Waals surface area contributed by atoms with Gasteiger partial charge in [0.15, 0.2) is 5.82 Å². The van der Waals surface area contributed by atoms with Crippen LogP contribution in [0.2, 0.25) is 0 Å². The molecule has 34 heavy (non-hydrogen) atoms. The van der Waals surface area contributed by atoms with E-state index in [0.29, 0.717) is 17.4 Å². The number of benzene rings is 2. The molecule has 0 radical (unpaired) electrons. The number of aromatic nitrogens is 2. The first-order valence-electron chi connectivity index (χ1n) is 11.3. The highest BCUT2D eigenvalue weighted by Crippen LogP contribution is 2.41. The SMILES string of the molecule is CON=C(c1ccc(C)cc1)C1C(=O)C(=O)N(c2ccc(C)nn2)C1c1ccc(C(C)C)cc1. The number of anilines is 1. The number of nitrogens with zero attached hydrogens (tertiary/aromatic N) is 4. The lowest BCUT2D eigenvalue weighted by molar-refractivity contribution is -0.134. The van der Waals surface area contributed by atoms with E-state index in [1.54, 1.807) is 12.1 Å². The summed E-state index contributed by atoms with van der Waals surface area (Å²) in [5, 5.41) is 12.6. The Morgan fingerprint density at radius 1 is 0.941 bits per heavy atom. The summed E-state index contributed by atoms with van der Waals surface area (Å²) in [5.41, 5.74) is 4.90. The Hall–Kier alpha value is -3.87. The zero-order valence-corrected chi connectivity index (χ0v) is 20.0. The van der Waals surface area contributed by atoms with Crippen LogP contribution in [0.3, 0.4) is 0 Å². The Morgan fingerprint density at radius 3 is 2.18 bits per heavy atom. The number of oxime groups is 1. The van der Waals surface area contributed by atoms with E-state index in [9.17, 15) is 9.59 Å². The largest absolute Gasteiger partial charge is 0.399 e. The molecule has 174 valence electrons. The Labute approximate surface area is 199 Å². The van der Waals surface area contributed by atoms with Crippen molar-refractivity contribution in [3.8, 4) is 0 Å². The number of hydrogen-bond donors (Lipinski definition) is 0. The van der Waals surface area contributed by atoms with Crippen molar-refractivity contribution in [2.45, 2.75) is 39.7 Å². The number of carbonyl (C=O) groups is 2. The Kier molecular flexibility index (Phi) is 6.54. The highest BCUT2D eigenvalue weighted by atomic mass is 16.6. The van der Waals surface area contributed by atoms with Crippen molar-refractivity contribution in [1.82, 2.24) is 10.2 Å². The second-order valence-electron chi connectivity index (χ2n) is 8.84. The molecule has 1 fully saturated rings. The number of Topliss-reactive ketones (excluding diaryl/α,β-unsaturated/α-hetero) is 1. The fraction of sp³-hybridized carbons (Fsp3) is 0.296. The summed E-state index contributed by atoms with van der Waals surface area (Å²) in [6.45, 7) is 8.04. The highest BCUT2D eigenvalue weighted by molar-refractivity contribution is 6.49. The number of rotatable bonds is 6. The van der Waals surface area contributed by atoms with Crippen LogP contribution in [-0.2, 0) is 14.4 Å². The minimum atomic E-state index is -0.872. The van der Waals surface area contributed by atoms with Crippen molar-refractivity contribution in [2.24, 2.45) is 11.1 Å². The molecular weight excluding hydrogens is 428 g/mol. The van der Waals surface area contributed by atoms with E-state index in [-0.39, 0.29) is 0 Å². The summed E-state index contributed by atoms with van der Waals surface area (Å²) in [4.78, 5) is 33.5. The molecule has 2 unspecified atom stereocenters. The Balaban J connectivity index is 1.89. The Bertz CT molecular complexity index is 1220. The van der Waals surface area contributed by atoms with Gasteiger partial charge < -0.3 is 4.84 Å². The average molecular weight is 457 g/mol. The fourth-order valence-corrected chi connectivity index (χ4v) is 4.24. The van der Waals surface area contributed by atoms with Crippen molar-refractivity contribution >= 4 is 23.2 Å². The third kappa shape index (κ3) is 4.33. The van der Waals surface area contributed by atoms with Gasteiger partial charge in [0.05, 0.1) is 17.7 Å². The van der Waals surface area contributed by atoms with E-state index in [4.69, 9.17) is 4.84 Å². The average Bonchev–Trinajstić information content (AvgIpc) is 3.09. The predicted octanol–water partition coefficient (Wildman–Crippen LogP) is 4.54. The molecule has 2 aromatic carbocycles. The van der Waals surface area contributed by atoms with Crippen LogP contribution >= 0.6 is 0 Å². The summed E-state index contributed by atoms with van der Waals surface area (Å²) in [6.07, 6.45) is 0. The molecule has 0 aliphatic carbocycles. The maximum atomic E-state index is 13.5. The molecule has 1 aromatic heterocycles. The minimum Gasteiger partial charge on any atom is -0.399 e. The second kappa shape index (κ2) is 9.55. The summed E-state index contributed by atoms with van der Waals surface area (Å²) in [6, 6.07) is 18.5. The lowest BCUT2D eigenvalue weighted by Crippen LogP contribution is -2.31. The summed E-state index contributed by atoms with van der Waals surface area (Å²) >= 11 is 0. The molecule has 0 bridgehead atoms. The molecular formula is C27H28N4O3. The zero-order chi connectivity index (χ0) is 24.4. The Morgan fingerprint density at radius 2 is 1.62 bits per heavy atom. The molecule has 7 heteroatoms. The summed E-state index contributed by atoms with van der Waals surface area (Å²) < 4.78 is 0. The van der Waals surface area contributed by atoms with Crippen molar-refractivity contribution in [1.29, 1.82) is 0 Å². The van der Waals surface area contributed by atoms with Gasteiger partial charge in [0.25, 0.3) is 5.91 Å². The molecule has 3 aromatic rings. The van der Waals surface area contributed by atoms with Crippen LogP contribution in [0.4, 0.5) is 5.82 Å². The van der Waals surface area contributed by atoms with Crippen LogP contribution in [0.25, 0.3) is 0 Å². The van der Waals surface area contributed by atoms with E-state index >= 15 is 0 Å². The smallest absolute Gasteiger partial charge is 0.297 e. The number of carbonyl (C=O) groups excluding carboxylic acids is 2. The quantitative estimate of drug-likeness (QED) is 0.309. The standard InChI is InChI=1S/C27H28N4O3/c1-16(2)19-11-13-21(14-12-19)25-23(24(30-34-5)20-9-6-17(3)7-10-20)26(32)27(33)31(25)22-15-8-18(4)28-29-22/h6-16,23,25H,1-5H3. The zero-order valence-electron chi connectivity index (χ0n) is 20.0. The van der Waals surface area contributed by atoms with Gasteiger partial charge in [0, 0.05) is 5.56 Å². The monoisotopic (exact) mass is 456 g/mol. The van der Waals surface area contributed by atoms with E-state index < -0.39 is 23.7 Å². The van der Waals surface area contributed by atoms with Crippen molar-refractivity contribution in [3.05, 3.63) is 88.6 Å². The van der Waals surface area contributed by atoms with Gasteiger partial charge in [-0.1, -0.05) is 73.1 Å². The molecule has 0 saturated carbocycles. The van der Waals surface area contributed by atoms with E-state index in [1.807, 2.05) is 62.4 Å². The van der Waals surface area contributed by atoms with Gasteiger partial charge in [0.2, 0.25) is 5.78 Å². The van der Waals surface area contributed by atoms with Gasteiger partial charge >= 0.3 is 0 Å². The third-order valence-electron chi connectivity index (χ3n) is 6.11. The van der Waals surface area contributed by atoms with Gasteiger partial charge in [-0.05, 0) is 43.0 Å². The first-order chi connectivity index (χ1) is 16.3. The molecule has 1 saturated heterocycles. The second-order valence-corrected chi connectivity index (χ2v) is 8.84. The van der Waals surface area contributed by atoms with Crippen LogP contribution in [0.5, 0.6) is 0 Å². The fourth-order valence-electron chi connectivity index (χ4n) is 4.24. The summed E-state index contributed by atoms with van der Waals surface area (Å²) in [7, 11) is 1.44. The van der Waals surface area contributed by atoms with Crippen LogP contribution in [0.15, 0.2) is 65.8 Å². The van der Waals surface area contributed by atoms with Crippen LogP contribution in [-0.4, -0.2) is 34.7 Å². The number of aryl methyl sites for hydroxylation is 2. The predicted molar refractivity (Wildman–Crippen MR) is 131 cm³/mol. The number of amides is 1. The lowest BCUT2D eigenvalue weighted by atomic mass is 9.85. The molecule has 0 spiro atoms.